The lowest BCUT2D eigenvalue weighted by molar-refractivity contribution is -0.112. The number of rotatable bonds is 10. The Morgan fingerprint density at radius 1 is 1.11 bits per heavy atom. The minimum Gasteiger partial charge on any atom is -0.478 e. The van der Waals surface area contributed by atoms with Crippen LogP contribution in [-0.4, -0.2) is 72.2 Å². The van der Waals surface area contributed by atoms with E-state index in [4.69, 9.17) is 9.84 Å². The molecule has 1 saturated heterocycles. The van der Waals surface area contributed by atoms with Crippen molar-refractivity contribution in [2.45, 2.75) is 37.5 Å². The third kappa shape index (κ3) is 6.69. The van der Waals surface area contributed by atoms with E-state index in [0.29, 0.717) is 32.8 Å². The summed E-state index contributed by atoms with van der Waals surface area (Å²) in [5, 5.41) is 13.3. The van der Waals surface area contributed by atoms with Gasteiger partial charge in [-0.3, -0.25) is 4.79 Å². The monoisotopic (exact) mass is 524 g/mol. The van der Waals surface area contributed by atoms with Gasteiger partial charge in [-0.2, -0.15) is 5.10 Å². The van der Waals surface area contributed by atoms with Gasteiger partial charge < -0.3 is 19.6 Å². The fraction of sp³-hybridized carbons (Fsp3) is 0.407. The number of carboxylic acid groups (broad SMARTS) is 1. The zero-order valence-corrected chi connectivity index (χ0v) is 21.8. The van der Waals surface area contributed by atoms with Gasteiger partial charge >= 0.3 is 12.0 Å². The van der Waals surface area contributed by atoms with Crippen LogP contribution in [0.3, 0.4) is 0 Å². The van der Waals surface area contributed by atoms with E-state index in [9.17, 15) is 14.4 Å². The van der Waals surface area contributed by atoms with Crippen LogP contribution in [0.2, 0.25) is 0 Å². The van der Waals surface area contributed by atoms with Gasteiger partial charge in [-0.15, -0.1) is 11.8 Å². The predicted molar refractivity (Wildman–Crippen MR) is 144 cm³/mol. The Balaban J connectivity index is 1.47. The first-order chi connectivity index (χ1) is 18.0. The Bertz CT molecular complexity index is 1160. The third-order valence-corrected chi connectivity index (χ3v) is 7.36. The molecular formula is C27H32N4O5S. The molecule has 0 aliphatic carbocycles. The number of aryl methyl sites for hydroxylation is 1. The fourth-order valence-corrected chi connectivity index (χ4v) is 5.21. The van der Waals surface area contributed by atoms with Crippen molar-refractivity contribution in [3.05, 3.63) is 59.2 Å². The minimum atomic E-state index is -0.934. The molecular weight excluding hydrogens is 492 g/mol. The molecule has 9 nitrogen and oxygen atoms in total. The molecule has 2 heterocycles. The van der Waals surface area contributed by atoms with Crippen molar-refractivity contribution in [1.29, 1.82) is 0 Å². The Kier molecular flexibility index (Phi) is 9.19. The molecule has 0 atom stereocenters. The van der Waals surface area contributed by atoms with Gasteiger partial charge in [0.15, 0.2) is 5.71 Å². The summed E-state index contributed by atoms with van der Waals surface area (Å²) in [5.41, 5.74) is 5.69. The number of benzene rings is 2. The number of hydrazone groups is 1. The summed E-state index contributed by atoms with van der Waals surface area (Å²) in [6.07, 6.45) is 3.76. The van der Waals surface area contributed by atoms with Crippen LogP contribution in [0.1, 0.15) is 47.7 Å². The number of ether oxygens (including phenoxy) is 1. The van der Waals surface area contributed by atoms with Gasteiger partial charge in [0, 0.05) is 35.8 Å². The molecule has 10 heteroatoms. The number of morpholine rings is 1. The van der Waals surface area contributed by atoms with Crippen molar-refractivity contribution in [2.24, 2.45) is 5.10 Å². The molecule has 1 fully saturated rings. The maximum Gasteiger partial charge on any atom is 0.337 e. The van der Waals surface area contributed by atoms with Gasteiger partial charge in [-0.1, -0.05) is 31.9 Å². The second kappa shape index (κ2) is 12.7. The van der Waals surface area contributed by atoms with Crippen LogP contribution in [0.5, 0.6) is 0 Å². The Morgan fingerprint density at radius 3 is 2.57 bits per heavy atom. The number of hydrogen-bond donors (Lipinski definition) is 2. The van der Waals surface area contributed by atoms with E-state index >= 15 is 0 Å². The number of aromatic carboxylic acids is 1. The highest BCUT2D eigenvalue weighted by Crippen LogP contribution is 2.33. The lowest BCUT2D eigenvalue weighted by atomic mass is 10.1. The zero-order chi connectivity index (χ0) is 26.2. The molecule has 0 bridgehead atoms. The molecule has 4 rings (SSSR count). The fourth-order valence-electron chi connectivity index (χ4n) is 4.27. The van der Waals surface area contributed by atoms with Gasteiger partial charge in [0.25, 0.3) is 5.91 Å². The van der Waals surface area contributed by atoms with Crippen LogP contribution >= 0.6 is 11.8 Å². The van der Waals surface area contributed by atoms with Crippen LogP contribution in [-0.2, 0) is 16.0 Å². The molecule has 2 N–H and O–H groups in total. The van der Waals surface area contributed by atoms with E-state index in [0.717, 1.165) is 53.1 Å². The summed E-state index contributed by atoms with van der Waals surface area (Å²) in [6.45, 7) is 4.68. The molecule has 2 aromatic rings. The van der Waals surface area contributed by atoms with E-state index in [2.05, 4.69) is 17.5 Å². The topological polar surface area (TPSA) is 112 Å². The van der Waals surface area contributed by atoms with Gasteiger partial charge in [0.2, 0.25) is 0 Å². The number of nitrogens with zero attached hydrogens (tertiary/aromatic N) is 3. The molecule has 3 amide bonds. The average molecular weight is 525 g/mol. The maximum absolute atomic E-state index is 13.3. The number of nitrogens with one attached hydrogen (secondary N) is 1. The number of urea groups is 1. The summed E-state index contributed by atoms with van der Waals surface area (Å²) in [4.78, 5) is 41.3. The van der Waals surface area contributed by atoms with E-state index in [1.54, 1.807) is 33.7 Å². The second-order valence-electron chi connectivity index (χ2n) is 8.92. The summed E-state index contributed by atoms with van der Waals surface area (Å²) < 4.78 is 5.30. The van der Waals surface area contributed by atoms with Gasteiger partial charge in [-0.25, -0.2) is 15.0 Å². The smallest absolute Gasteiger partial charge is 0.337 e. The van der Waals surface area contributed by atoms with Crippen molar-refractivity contribution in [3.8, 4) is 0 Å². The van der Waals surface area contributed by atoms with Crippen LogP contribution in [0.15, 0.2) is 52.5 Å². The van der Waals surface area contributed by atoms with Gasteiger partial charge in [-0.05, 0) is 48.7 Å². The van der Waals surface area contributed by atoms with E-state index in [1.807, 2.05) is 30.3 Å². The number of thioether (sulfide) groups is 1. The average Bonchev–Trinajstić information content (AvgIpc) is 3.18. The second-order valence-corrected chi connectivity index (χ2v) is 10.1. The molecule has 0 spiro atoms. The number of carbonyl (C=O) groups is 3. The predicted octanol–water partition coefficient (Wildman–Crippen LogP) is 4.00. The Labute approximate surface area is 220 Å². The molecule has 37 heavy (non-hydrogen) atoms. The van der Waals surface area contributed by atoms with E-state index in [-0.39, 0.29) is 23.2 Å². The van der Waals surface area contributed by atoms with Crippen LogP contribution in [0.4, 0.5) is 10.5 Å². The van der Waals surface area contributed by atoms with Gasteiger partial charge in [0.1, 0.15) is 0 Å². The summed E-state index contributed by atoms with van der Waals surface area (Å²) in [6, 6.07) is 12.5. The maximum atomic E-state index is 13.3. The lowest BCUT2D eigenvalue weighted by Crippen LogP contribution is -2.45. The minimum absolute atomic E-state index is 0.200. The highest BCUT2D eigenvalue weighted by atomic mass is 32.2. The Morgan fingerprint density at radius 2 is 1.86 bits per heavy atom. The highest BCUT2D eigenvalue weighted by Gasteiger charge is 2.34. The van der Waals surface area contributed by atoms with Crippen molar-refractivity contribution in [3.63, 3.8) is 0 Å². The first-order valence-corrected chi connectivity index (χ1v) is 13.6. The zero-order valence-electron chi connectivity index (χ0n) is 20.9. The number of unbranched alkanes of at least 4 members (excludes halogenated alkanes) is 2. The number of carbonyl (C=O) groups excluding carboxylic acids is 2. The molecule has 0 saturated carbocycles. The van der Waals surface area contributed by atoms with Crippen LogP contribution < -0.4 is 10.3 Å². The molecule has 0 aromatic heterocycles. The number of amides is 3. The van der Waals surface area contributed by atoms with Gasteiger partial charge in [0.05, 0.1) is 24.5 Å². The number of carboxylic acids is 1. The molecule has 0 radical (unpaired) electrons. The van der Waals surface area contributed by atoms with Crippen molar-refractivity contribution >= 4 is 41.1 Å². The first-order valence-electron chi connectivity index (χ1n) is 12.6. The quantitative estimate of drug-likeness (QED) is 0.276. The number of hydrogen-bond acceptors (Lipinski definition) is 6. The summed E-state index contributed by atoms with van der Waals surface area (Å²) in [7, 11) is 0. The lowest BCUT2D eigenvalue weighted by Gasteiger charge is -2.25. The van der Waals surface area contributed by atoms with Crippen LogP contribution in [0.25, 0.3) is 0 Å². The summed E-state index contributed by atoms with van der Waals surface area (Å²) in [5.74, 6) is -0.343. The van der Waals surface area contributed by atoms with E-state index < -0.39 is 5.97 Å². The Hall–Kier alpha value is -3.37. The molecule has 196 valence electrons. The number of fused-ring (bicyclic) bond motifs is 1. The number of anilines is 1. The molecule has 2 aliphatic heterocycles. The van der Waals surface area contributed by atoms with Crippen LogP contribution in [0, 0.1) is 0 Å². The normalized spacial score (nSPS) is 16.2. The third-order valence-electron chi connectivity index (χ3n) is 6.37. The first kappa shape index (κ1) is 26.7. The highest BCUT2D eigenvalue weighted by molar-refractivity contribution is 7.99. The van der Waals surface area contributed by atoms with Crippen molar-refractivity contribution in [1.82, 2.24) is 10.3 Å². The largest absolute Gasteiger partial charge is 0.478 e. The molecule has 2 aromatic carbocycles. The van der Waals surface area contributed by atoms with Crippen molar-refractivity contribution < 1.29 is 24.2 Å². The SMILES string of the molecule is CCCCCN1C(=O)/C(=N\NC(=O)N2CCOCC2)c2cc(SCCc3ccc(C(=O)O)cc3)ccc21. The summed E-state index contributed by atoms with van der Waals surface area (Å²) >= 11 is 1.65. The van der Waals surface area contributed by atoms with Crippen molar-refractivity contribution in [2.75, 3.05) is 43.5 Å². The standard InChI is InChI=1S/C27H32N4O5S/c1-2-3-4-12-31-23-10-9-21(37-17-11-19-5-7-20(8-6-19)26(33)34)18-22(23)24(25(31)32)28-29-27(35)30-13-15-36-16-14-30/h5-10,18H,2-4,11-17H2,1H3,(H,29,35)(H,33,34)/b28-24-. The molecule has 2 aliphatic rings. The molecule has 0 unspecified atom stereocenters. The van der Waals surface area contributed by atoms with E-state index in [1.165, 1.54) is 0 Å².